The van der Waals surface area contributed by atoms with Crippen molar-refractivity contribution in [3.8, 4) is 0 Å². The molecule has 0 bridgehead atoms. The minimum absolute atomic E-state index is 0.0935. The maximum atomic E-state index is 10.1. The molecule has 0 saturated carbocycles. The quantitative estimate of drug-likeness (QED) is 0.174. The predicted octanol–water partition coefficient (Wildman–Crippen LogP) is -2.82. The number of carbonyl (C=O) groups excluding carboxylic acids is 1. The maximum Gasteiger partial charge on any atom is 0.320 e. The first-order chi connectivity index (χ1) is 9.68. The predicted molar refractivity (Wildman–Crippen MR) is 74.3 cm³/mol. The zero-order valence-electron chi connectivity index (χ0n) is 12.0. The van der Waals surface area contributed by atoms with Crippen LogP contribution < -0.4 is 11.5 Å². The van der Waals surface area contributed by atoms with Gasteiger partial charge >= 0.3 is 5.97 Å². The van der Waals surface area contributed by atoms with Crippen molar-refractivity contribution in [2.75, 3.05) is 6.54 Å². The van der Waals surface area contributed by atoms with Crippen molar-refractivity contribution in [3.05, 3.63) is 0 Å². The molecule has 0 saturated heterocycles. The molecular weight excluding hydrogens is 284 g/mol. The van der Waals surface area contributed by atoms with Crippen LogP contribution in [0, 0.1) is 0 Å². The number of aliphatic carboxylic acids is 1. The molecule has 0 unspecified atom stereocenters. The Bertz CT molecular complexity index is 289. The van der Waals surface area contributed by atoms with Crippen LogP contribution in [-0.2, 0) is 9.59 Å². The lowest BCUT2D eigenvalue weighted by Crippen LogP contribution is -2.43. The lowest BCUT2D eigenvalue weighted by atomic mass is 10.1. The molecule has 0 aromatic rings. The Kier molecular flexibility index (Phi) is 13.3. The highest BCUT2D eigenvalue weighted by Gasteiger charge is 2.27. The van der Waals surface area contributed by atoms with Crippen molar-refractivity contribution in [1.82, 2.24) is 0 Å². The molecule has 0 fully saturated rings. The van der Waals surface area contributed by atoms with Crippen LogP contribution in [0.5, 0.6) is 0 Å². The molecule has 0 aliphatic carbocycles. The summed E-state index contributed by atoms with van der Waals surface area (Å²) in [6.45, 7) is 1.84. The Morgan fingerprint density at radius 1 is 1.14 bits per heavy atom. The highest BCUT2D eigenvalue weighted by atomic mass is 16.4. The first-order valence-corrected chi connectivity index (χ1v) is 6.55. The van der Waals surface area contributed by atoms with E-state index in [9.17, 15) is 9.59 Å². The van der Waals surface area contributed by atoms with Gasteiger partial charge in [0, 0.05) is 0 Å². The monoisotopic (exact) mass is 310 g/mol. The number of carbonyl (C=O) groups is 2. The molecule has 5 atom stereocenters. The molecule has 0 rings (SSSR count). The summed E-state index contributed by atoms with van der Waals surface area (Å²) in [6, 6.07) is -0.716. The third-order valence-electron chi connectivity index (χ3n) is 2.62. The Morgan fingerprint density at radius 3 is 2.00 bits per heavy atom. The highest BCUT2D eigenvalue weighted by molar-refractivity contribution is 5.72. The molecule has 0 spiro atoms. The number of hydrogen-bond acceptors (Lipinski definition) is 8. The first-order valence-electron chi connectivity index (χ1n) is 6.55. The molecule has 9 N–H and O–H groups in total. The molecule has 0 aliphatic rings. The Hall–Kier alpha value is -1.10. The van der Waals surface area contributed by atoms with E-state index < -0.39 is 36.4 Å². The SMILES string of the molecule is C[C@H](O)[C@@H](O)[C@@H](O)[C@H](O)C=O.NCCCC[C@H](N)C(=O)O. The number of carboxylic acids is 1. The molecule has 0 aliphatic heterocycles. The van der Waals surface area contributed by atoms with Gasteiger partial charge in [-0.3, -0.25) is 4.79 Å². The van der Waals surface area contributed by atoms with E-state index in [1.807, 2.05) is 0 Å². The second-order valence-electron chi connectivity index (χ2n) is 4.58. The number of aliphatic hydroxyl groups is 4. The van der Waals surface area contributed by atoms with E-state index >= 15 is 0 Å². The van der Waals surface area contributed by atoms with E-state index in [1.54, 1.807) is 0 Å². The van der Waals surface area contributed by atoms with Crippen LogP contribution in [0.4, 0.5) is 0 Å². The van der Waals surface area contributed by atoms with Crippen LogP contribution in [0.25, 0.3) is 0 Å². The minimum Gasteiger partial charge on any atom is -0.480 e. The average Bonchev–Trinajstić information content (AvgIpc) is 2.45. The first kappa shape index (κ1) is 22.2. The van der Waals surface area contributed by atoms with Gasteiger partial charge in [-0.1, -0.05) is 6.42 Å². The fourth-order valence-electron chi connectivity index (χ4n) is 1.20. The number of aliphatic hydroxyl groups excluding tert-OH is 4. The van der Waals surface area contributed by atoms with Crippen molar-refractivity contribution >= 4 is 12.3 Å². The summed E-state index contributed by atoms with van der Waals surface area (Å²) in [5, 5.41) is 43.4. The van der Waals surface area contributed by atoms with E-state index in [2.05, 4.69) is 0 Å². The van der Waals surface area contributed by atoms with Crippen molar-refractivity contribution in [2.24, 2.45) is 11.5 Å². The number of nitrogens with two attached hydrogens (primary N) is 2. The van der Waals surface area contributed by atoms with E-state index in [-0.39, 0.29) is 6.29 Å². The summed E-state index contributed by atoms with van der Waals surface area (Å²) in [7, 11) is 0. The van der Waals surface area contributed by atoms with Crippen molar-refractivity contribution < 1.29 is 35.1 Å². The van der Waals surface area contributed by atoms with Gasteiger partial charge in [-0.2, -0.15) is 0 Å². The second kappa shape index (κ2) is 12.6. The van der Waals surface area contributed by atoms with Gasteiger partial charge < -0.3 is 41.8 Å². The van der Waals surface area contributed by atoms with Gasteiger partial charge in [-0.15, -0.1) is 0 Å². The van der Waals surface area contributed by atoms with Gasteiger partial charge in [0.2, 0.25) is 0 Å². The summed E-state index contributed by atoms with van der Waals surface area (Å²) in [4.78, 5) is 20.0. The lowest BCUT2D eigenvalue weighted by molar-refractivity contribution is -0.138. The standard InChI is InChI=1S/C6H14N2O2.C6H12O5/c7-4-2-1-3-5(8)6(9)10;1-3(8)5(10)6(11)4(9)2-7/h5H,1-4,7-8H2,(H,9,10);2-6,8-11H,1H3/t5-;3-,4+,5+,6-/m00/s1. The van der Waals surface area contributed by atoms with Crippen molar-refractivity contribution in [2.45, 2.75) is 56.6 Å². The molecule has 0 amide bonds. The third-order valence-corrected chi connectivity index (χ3v) is 2.62. The van der Waals surface area contributed by atoms with Crippen LogP contribution >= 0.6 is 0 Å². The van der Waals surface area contributed by atoms with E-state index in [0.29, 0.717) is 13.0 Å². The van der Waals surface area contributed by atoms with Gasteiger partial charge in [0.25, 0.3) is 0 Å². The Labute approximate surface area is 123 Å². The minimum atomic E-state index is -1.65. The van der Waals surface area contributed by atoms with Gasteiger partial charge in [0.15, 0.2) is 6.29 Å². The lowest BCUT2D eigenvalue weighted by Gasteiger charge is -2.21. The van der Waals surface area contributed by atoms with Crippen molar-refractivity contribution in [3.63, 3.8) is 0 Å². The molecule has 21 heavy (non-hydrogen) atoms. The van der Waals surface area contributed by atoms with Crippen molar-refractivity contribution in [1.29, 1.82) is 0 Å². The number of aldehydes is 1. The summed E-state index contributed by atoms with van der Waals surface area (Å²) in [5.74, 6) is -0.933. The summed E-state index contributed by atoms with van der Waals surface area (Å²) in [6.07, 6.45) is -3.71. The fourth-order valence-corrected chi connectivity index (χ4v) is 1.20. The topological polar surface area (TPSA) is 187 Å². The molecule has 0 aromatic heterocycles. The average molecular weight is 310 g/mol. The number of carboxylic acid groups (broad SMARTS) is 1. The van der Waals surface area contributed by atoms with Gasteiger partial charge in [0.1, 0.15) is 24.4 Å². The number of unbranched alkanes of at least 4 members (excludes halogenated alkanes) is 1. The van der Waals surface area contributed by atoms with Crippen LogP contribution in [-0.4, -0.2) is 74.8 Å². The smallest absolute Gasteiger partial charge is 0.320 e. The Balaban J connectivity index is 0. The fraction of sp³-hybridized carbons (Fsp3) is 0.833. The number of rotatable bonds is 9. The molecule has 9 heteroatoms. The largest absolute Gasteiger partial charge is 0.480 e. The van der Waals surface area contributed by atoms with Crippen LogP contribution in [0.1, 0.15) is 26.2 Å². The molecule has 126 valence electrons. The van der Waals surface area contributed by atoms with E-state index in [1.165, 1.54) is 6.92 Å². The summed E-state index contributed by atoms with van der Waals surface area (Å²) >= 11 is 0. The Morgan fingerprint density at radius 2 is 1.67 bits per heavy atom. The van der Waals surface area contributed by atoms with E-state index in [4.69, 9.17) is 37.0 Å². The zero-order valence-corrected chi connectivity index (χ0v) is 12.0. The summed E-state index contributed by atoms with van der Waals surface area (Å²) < 4.78 is 0. The van der Waals surface area contributed by atoms with Crippen LogP contribution in [0.3, 0.4) is 0 Å². The van der Waals surface area contributed by atoms with Gasteiger partial charge in [-0.05, 0) is 26.3 Å². The van der Waals surface area contributed by atoms with Gasteiger partial charge in [-0.25, -0.2) is 0 Å². The number of hydrogen-bond donors (Lipinski definition) is 7. The highest BCUT2D eigenvalue weighted by Crippen LogP contribution is 2.02. The maximum absolute atomic E-state index is 10.1. The second-order valence-corrected chi connectivity index (χ2v) is 4.58. The van der Waals surface area contributed by atoms with Crippen LogP contribution in [0.15, 0.2) is 0 Å². The molecule has 0 aromatic carbocycles. The van der Waals surface area contributed by atoms with Crippen LogP contribution in [0.2, 0.25) is 0 Å². The van der Waals surface area contributed by atoms with Gasteiger partial charge in [0.05, 0.1) is 6.10 Å². The molecular formula is C12H26N2O7. The third kappa shape index (κ3) is 11.3. The summed E-state index contributed by atoms with van der Waals surface area (Å²) in [5.41, 5.74) is 10.4. The molecule has 0 radical (unpaired) electrons. The van der Waals surface area contributed by atoms with E-state index in [0.717, 1.165) is 12.8 Å². The zero-order chi connectivity index (χ0) is 17.0. The molecule has 0 heterocycles. The molecule has 9 nitrogen and oxygen atoms in total. The normalized spacial score (nSPS) is 17.7.